The fourth-order valence-corrected chi connectivity index (χ4v) is 3.34. The van der Waals surface area contributed by atoms with Crippen LogP contribution < -0.4 is 5.32 Å². The third-order valence-electron chi connectivity index (χ3n) is 4.27. The highest BCUT2D eigenvalue weighted by atomic mass is 16.4. The highest BCUT2D eigenvalue weighted by Crippen LogP contribution is 2.30. The van der Waals surface area contributed by atoms with Crippen LogP contribution >= 0.6 is 0 Å². The van der Waals surface area contributed by atoms with E-state index in [9.17, 15) is 9.90 Å². The molecule has 1 aliphatic heterocycles. The fourth-order valence-electron chi connectivity index (χ4n) is 3.34. The van der Waals surface area contributed by atoms with Crippen molar-refractivity contribution in [3.8, 4) is 0 Å². The lowest BCUT2D eigenvalue weighted by molar-refractivity contribution is 0.0414. The highest BCUT2D eigenvalue weighted by molar-refractivity contribution is 5.66. The first-order valence-electron chi connectivity index (χ1n) is 7.74. The van der Waals surface area contributed by atoms with E-state index in [-0.39, 0.29) is 24.1 Å². The van der Waals surface area contributed by atoms with E-state index in [0.29, 0.717) is 13.1 Å². The molecule has 3 N–H and O–H groups in total. The molecule has 2 atom stereocenters. The van der Waals surface area contributed by atoms with Gasteiger partial charge in [0, 0.05) is 19.1 Å². The Hall–Kier alpha value is -1.59. The number of benzene rings is 1. The standard InChI is InChI=1S/C17H26N2O3/c1-17(2,3)15-14(18-8-9-19(15)16(21)22)10-12-4-6-13(11-20)7-5-12/h4-7,14-15,18,20H,8-11H2,1-3H3,(H,21,22)/t14-,15?/m1/s1. The van der Waals surface area contributed by atoms with Crippen LogP contribution in [0.15, 0.2) is 24.3 Å². The summed E-state index contributed by atoms with van der Waals surface area (Å²) in [4.78, 5) is 13.1. The van der Waals surface area contributed by atoms with Gasteiger partial charge in [-0.05, 0) is 23.0 Å². The molecule has 1 unspecified atom stereocenters. The van der Waals surface area contributed by atoms with Gasteiger partial charge in [0.2, 0.25) is 0 Å². The van der Waals surface area contributed by atoms with E-state index in [1.807, 2.05) is 24.3 Å². The minimum atomic E-state index is -0.845. The van der Waals surface area contributed by atoms with Crippen molar-refractivity contribution in [2.24, 2.45) is 5.41 Å². The van der Waals surface area contributed by atoms with Crippen LogP contribution in [0.5, 0.6) is 0 Å². The number of aliphatic hydroxyl groups excluding tert-OH is 1. The summed E-state index contributed by atoms with van der Waals surface area (Å²) in [7, 11) is 0. The van der Waals surface area contributed by atoms with Gasteiger partial charge in [-0.15, -0.1) is 0 Å². The van der Waals surface area contributed by atoms with E-state index in [2.05, 4.69) is 26.1 Å². The summed E-state index contributed by atoms with van der Waals surface area (Å²) in [5.41, 5.74) is 1.90. The van der Waals surface area contributed by atoms with Gasteiger partial charge in [0.05, 0.1) is 12.6 Å². The number of carbonyl (C=O) groups is 1. The Balaban J connectivity index is 2.20. The van der Waals surface area contributed by atoms with E-state index in [4.69, 9.17) is 5.11 Å². The van der Waals surface area contributed by atoms with E-state index in [0.717, 1.165) is 17.5 Å². The zero-order valence-corrected chi connectivity index (χ0v) is 13.5. The summed E-state index contributed by atoms with van der Waals surface area (Å²) in [5, 5.41) is 22.1. The van der Waals surface area contributed by atoms with Crippen LogP contribution in [0.25, 0.3) is 0 Å². The number of aliphatic hydroxyl groups is 1. The van der Waals surface area contributed by atoms with Gasteiger partial charge < -0.3 is 20.4 Å². The SMILES string of the molecule is CC(C)(C)C1[C@@H](Cc2ccc(CO)cc2)NCCN1C(=O)O. The van der Waals surface area contributed by atoms with Gasteiger partial charge >= 0.3 is 6.09 Å². The Bertz CT molecular complexity index is 508. The molecule has 2 rings (SSSR count). The van der Waals surface area contributed by atoms with Crippen molar-refractivity contribution in [3.63, 3.8) is 0 Å². The molecule has 1 fully saturated rings. The van der Waals surface area contributed by atoms with Crippen molar-refractivity contribution in [2.45, 2.75) is 45.9 Å². The van der Waals surface area contributed by atoms with Crippen LogP contribution in [0.3, 0.4) is 0 Å². The average molecular weight is 306 g/mol. The first-order valence-corrected chi connectivity index (χ1v) is 7.74. The van der Waals surface area contributed by atoms with Gasteiger partial charge in [0.1, 0.15) is 0 Å². The molecule has 5 heteroatoms. The molecule has 1 heterocycles. The largest absolute Gasteiger partial charge is 0.465 e. The lowest BCUT2D eigenvalue weighted by Crippen LogP contribution is -2.64. The minimum absolute atomic E-state index is 0.0410. The summed E-state index contributed by atoms with van der Waals surface area (Å²) < 4.78 is 0. The van der Waals surface area contributed by atoms with Gasteiger partial charge in [-0.2, -0.15) is 0 Å². The summed E-state index contributed by atoms with van der Waals surface area (Å²) in [5.74, 6) is 0. The third-order valence-corrected chi connectivity index (χ3v) is 4.27. The van der Waals surface area contributed by atoms with Crippen molar-refractivity contribution in [3.05, 3.63) is 35.4 Å². The van der Waals surface area contributed by atoms with Crippen molar-refractivity contribution in [1.29, 1.82) is 0 Å². The quantitative estimate of drug-likeness (QED) is 0.799. The summed E-state index contributed by atoms with van der Waals surface area (Å²) in [6.45, 7) is 7.50. The van der Waals surface area contributed by atoms with Crippen LogP contribution in [0, 0.1) is 5.41 Å². The van der Waals surface area contributed by atoms with E-state index in [1.165, 1.54) is 0 Å². The number of amides is 1. The molecule has 0 bridgehead atoms. The fraction of sp³-hybridized carbons (Fsp3) is 0.588. The topological polar surface area (TPSA) is 72.8 Å². The summed E-state index contributed by atoms with van der Waals surface area (Å²) in [6, 6.07) is 7.86. The second-order valence-electron chi connectivity index (χ2n) is 7.03. The number of piperazine rings is 1. The van der Waals surface area contributed by atoms with Crippen molar-refractivity contribution in [2.75, 3.05) is 13.1 Å². The molecule has 0 aromatic heterocycles. The maximum absolute atomic E-state index is 11.6. The van der Waals surface area contributed by atoms with Crippen molar-refractivity contribution in [1.82, 2.24) is 10.2 Å². The van der Waals surface area contributed by atoms with Gasteiger partial charge in [-0.1, -0.05) is 45.0 Å². The molecule has 0 saturated carbocycles. The second kappa shape index (κ2) is 6.67. The van der Waals surface area contributed by atoms with Crippen LogP contribution in [-0.2, 0) is 13.0 Å². The Labute approximate surface area is 131 Å². The number of hydrogen-bond donors (Lipinski definition) is 3. The predicted octanol–water partition coefficient (Wildman–Crippen LogP) is 2.09. The maximum Gasteiger partial charge on any atom is 0.407 e. The Morgan fingerprint density at radius 3 is 2.36 bits per heavy atom. The maximum atomic E-state index is 11.6. The molecule has 122 valence electrons. The Morgan fingerprint density at radius 1 is 1.27 bits per heavy atom. The third kappa shape index (κ3) is 3.78. The molecule has 1 saturated heterocycles. The molecule has 1 aromatic rings. The Morgan fingerprint density at radius 2 is 1.86 bits per heavy atom. The number of nitrogens with one attached hydrogen (secondary N) is 1. The first-order chi connectivity index (χ1) is 10.3. The van der Waals surface area contributed by atoms with Gasteiger partial charge in [0.25, 0.3) is 0 Å². The number of hydrogen-bond acceptors (Lipinski definition) is 3. The van der Waals surface area contributed by atoms with Crippen LogP contribution in [-0.4, -0.2) is 46.4 Å². The lowest BCUT2D eigenvalue weighted by atomic mass is 9.78. The van der Waals surface area contributed by atoms with Crippen LogP contribution in [0.1, 0.15) is 31.9 Å². The van der Waals surface area contributed by atoms with Crippen molar-refractivity contribution >= 4 is 6.09 Å². The molecule has 5 nitrogen and oxygen atoms in total. The van der Waals surface area contributed by atoms with Gasteiger partial charge in [-0.25, -0.2) is 4.79 Å². The summed E-state index contributed by atoms with van der Waals surface area (Å²) in [6.07, 6.45) is -0.0701. The molecule has 0 spiro atoms. The number of nitrogens with zero attached hydrogens (tertiary/aromatic N) is 1. The smallest absolute Gasteiger partial charge is 0.407 e. The highest BCUT2D eigenvalue weighted by Gasteiger charge is 2.41. The normalized spacial score (nSPS) is 22.6. The van der Waals surface area contributed by atoms with Crippen LogP contribution in [0.4, 0.5) is 4.79 Å². The van der Waals surface area contributed by atoms with Crippen LogP contribution in [0.2, 0.25) is 0 Å². The second-order valence-corrected chi connectivity index (χ2v) is 7.03. The van der Waals surface area contributed by atoms with Gasteiger partial charge in [0.15, 0.2) is 0 Å². The molecule has 1 aliphatic rings. The Kier molecular flexibility index (Phi) is 5.08. The first kappa shape index (κ1) is 16.8. The molecule has 1 aromatic carbocycles. The predicted molar refractivity (Wildman–Crippen MR) is 85.8 cm³/mol. The molecule has 1 amide bonds. The number of rotatable bonds is 3. The average Bonchev–Trinajstić information content (AvgIpc) is 2.46. The minimum Gasteiger partial charge on any atom is -0.465 e. The monoisotopic (exact) mass is 306 g/mol. The van der Waals surface area contributed by atoms with E-state index in [1.54, 1.807) is 4.90 Å². The zero-order valence-electron chi connectivity index (χ0n) is 13.5. The lowest BCUT2D eigenvalue weighted by Gasteiger charge is -2.47. The number of carboxylic acid groups (broad SMARTS) is 1. The molecule has 22 heavy (non-hydrogen) atoms. The van der Waals surface area contributed by atoms with E-state index >= 15 is 0 Å². The van der Waals surface area contributed by atoms with Crippen molar-refractivity contribution < 1.29 is 15.0 Å². The molecule has 0 aliphatic carbocycles. The molecule has 0 radical (unpaired) electrons. The molecular weight excluding hydrogens is 280 g/mol. The molecular formula is C17H26N2O3. The van der Waals surface area contributed by atoms with Gasteiger partial charge in [-0.3, -0.25) is 0 Å². The van der Waals surface area contributed by atoms with E-state index < -0.39 is 6.09 Å². The zero-order chi connectivity index (χ0) is 16.3. The summed E-state index contributed by atoms with van der Waals surface area (Å²) >= 11 is 0.